The predicted molar refractivity (Wildman–Crippen MR) is 38.5 cm³/mol. The van der Waals surface area contributed by atoms with Gasteiger partial charge in [0.25, 0.3) is 0 Å². The van der Waals surface area contributed by atoms with E-state index in [1.807, 2.05) is 13.8 Å². The van der Waals surface area contributed by atoms with E-state index in [-0.39, 0.29) is 5.78 Å². The van der Waals surface area contributed by atoms with E-state index < -0.39 is 0 Å². The topological polar surface area (TPSA) is 26.3 Å². The van der Waals surface area contributed by atoms with Crippen molar-refractivity contribution in [2.75, 3.05) is 13.7 Å². The summed E-state index contributed by atoms with van der Waals surface area (Å²) >= 11 is 0. The number of carbonyl (C=O) groups excluding carboxylic acids is 1. The molecular weight excluding hydrogens is 116 g/mol. The Labute approximate surface area is 57.2 Å². The molecule has 0 amide bonds. The van der Waals surface area contributed by atoms with Crippen molar-refractivity contribution in [3.8, 4) is 0 Å². The zero-order chi connectivity index (χ0) is 7.70. The van der Waals surface area contributed by atoms with Crippen molar-refractivity contribution in [3.63, 3.8) is 0 Å². The van der Waals surface area contributed by atoms with Crippen LogP contribution in [0.4, 0.5) is 0 Å². The molecule has 0 atom stereocenters. The molecule has 0 aromatic rings. The lowest BCUT2D eigenvalue weighted by Gasteiger charge is -1.89. The second kappa shape index (κ2) is 10.6. The van der Waals surface area contributed by atoms with Crippen molar-refractivity contribution >= 4 is 5.78 Å². The summed E-state index contributed by atoms with van der Waals surface area (Å²) in [5, 5.41) is 0. The normalized spacial score (nSPS) is 7.56. The molecule has 9 heavy (non-hydrogen) atoms. The summed E-state index contributed by atoms with van der Waals surface area (Å²) in [6, 6.07) is 0. The number of hydrogen-bond donors (Lipinski definition) is 0. The zero-order valence-corrected chi connectivity index (χ0v) is 6.73. The van der Waals surface area contributed by atoms with E-state index in [9.17, 15) is 4.79 Å². The molecule has 56 valence electrons. The maximum Gasteiger partial charge on any atom is 0.132 e. The quantitative estimate of drug-likeness (QED) is 0.583. The number of Topliss-reactive ketones (excluding diaryl/α,β-unsaturated/α-hetero) is 1. The number of carbonyl (C=O) groups is 1. The van der Waals surface area contributed by atoms with Crippen LogP contribution in [0.15, 0.2) is 0 Å². The zero-order valence-electron chi connectivity index (χ0n) is 6.73. The van der Waals surface area contributed by atoms with Crippen LogP contribution >= 0.6 is 0 Å². The van der Waals surface area contributed by atoms with Gasteiger partial charge in [0.05, 0.1) is 6.61 Å². The molecule has 0 radical (unpaired) electrons. The molecule has 0 aromatic carbocycles. The molecule has 0 heterocycles. The third kappa shape index (κ3) is 18.4. The molecule has 0 fully saturated rings. The van der Waals surface area contributed by atoms with Crippen molar-refractivity contribution in [3.05, 3.63) is 0 Å². The average molecular weight is 132 g/mol. The minimum absolute atomic E-state index is 0.182. The van der Waals surface area contributed by atoms with E-state index in [2.05, 4.69) is 4.74 Å². The Morgan fingerprint density at radius 2 is 1.89 bits per heavy atom. The Bertz CT molecular complexity index is 59.9. The molecule has 0 aromatic heterocycles. The fraction of sp³-hybridized carbons (Fsp3) is 0.857. The number of methoxy groups -OCH3 is 1. The van der Waals surface area contributed by atoms with Gasteiger partial charge >= 0.3 is 0 Å². The lowest BCUT2D eigenvalue weighted by Crippen LogP contribution is -1.95. The molecule has 0 unspecified atom stereocenters. The summed E-state index contributed by atoms with van der Waals surface area (Å²) < 4.78 is 4.63. The van der Waals surface area contributed by atoms with E-state index in [1.165, 1.54) is 0 Å². The molecular formula is C7H16O2. The van der Waals surface area contributed by atoms with Gasteiger partial charge in [0.15, 0.2) is 0 Å². The largest absolute Gasteiger partial charge is 0.384 e. The maximum absolute atomic E-state index is 10.1. The van der Waals surface area contributed by atoms with Crippen LogP contribution in [0.5, 0.6) is 0 Å². The maximum atomic E-state index is 10.1. The lowest BCUT2D eigenvalue weighted by atomic mass is 10.3. The smallest absolute Gasteiger partial charge is 0.132 e. The highest BCUT2D eigenvalue weighted by Crippen LogP contribution is 1.79. The highest BCUT2D eigenvalue weighted by atomic mass is 16.5. The molecule has 0 spiro atoms. The number of rotatable bonds is 3. The Morgan fingerprint density at radius 1 is 1.44 bits per heavy atom. The first kappa shape index (κ1) is 11.4. The van der Waals surface area contributed by atoms with Crippen LogP contribution in [0.1, 0.15) is 27.2 Å². The molecule has 0 bridgehead atoms. The highest BCUT2D eigenvalue weighted by molar-refractivity contribution is 5.75. The Morgan fingerprint density at radius 3 is 2.00 bits per heavy atom. The summed E-state index contributed by atoms with van der Waals surface area (Å²) in [7, 11) is 1.59. The number of ether oxygens (including phenoxy) is 1. The minimum Gasteiger partial charge on any atom is -0.384 e. The van der Waals surface area contributed by atoms with Gasteiger partial charge in [-0.1, -0.05) is 13.8 Å². The highest BCUT2D eigenvalue weighted by Gasteiger charge is 1.87. The van der Waals surface area contributed by atoms with Gasteiger partial charge in [0.2, 0.25) is 0 Å². The molecule has 0 aliphatic carbocycles. The summed E-state index contributed by atoms with van der Waals surface area (Å²) in [6.45, 7) is 6.11. The second-order valence-electron chi connectivity index (χ2n) is 1.44. The molecule has 0 N–H and O–H groups in total. The third-order valence-electron chi connectivity index (χ3n) is 0.658. The average Bonchev–Trinajstić information content (AvgIpc) is 1.88. The van der Waals surface area contributed by atoms with Crippen molar-refractivity contribution in [1.82, 2.24) is 0 Å². The standard InChI is InChI=1S/C5H10O2.C2H6/c1-5(6)3-4-7-2;1-2/h3-4H2,1-2H3;1-2H3. The van der Waals surface area contributed by atoms with Crippen LogP contribution in [0.3, 0.4) is 0 Å². The van der Waals surface area contributed by atoms with Crippen molar-refractivity contribution in [1.29, 1.82) is 0 Å². The number of ketones is 1. The Balaban J connectivity index is 0. The summed E-state index contributed by atoms with van der Waals surface area (Å²) in [6.07, 6.45) is 0.538. The second-order valence-corrected chi connectivity index (χ2v) is 1.44. The van der Waals surface area contributed by atoms with Crippen LogP contribution in [-0.4, -0.2) is 19.5 Å². The Hall–Kier alpha value is -0.370. The molecule has 0 saturated carbocycles. The van der Waals surface area contributed by atoms with Gasteiger partial charge in [-0.15, -0.1) is 0 Å². The van der Waals surface area contributed by atoms with Gasteiger partial charge < -0.3 is 4.74 Å². The van der Waals surface area contributed by atoms with E-state index in [4.69, 9.17) is 0 Å². The van der Waals surface area contributed by atoms with Crippen molar-refractivity contribution < 1.29 is 9.53 Å². The molecule has 0 aliphatic heterocycles. The van der Waals surface area contributed by atoms with Crippen LogP contribution < -0.4 is 0 Å². The van der Waals surface area contributed by atoms with Crippen LogP contribution in [0.25, 0.3) is 0 Å². The fourth-order valence-corrected chi connectivity index (χ4v) is 0.246. The lowest BCUT2D eigenvalue weighted by molar-refractivity contribution is -0.117. The molecule has 0 aliphatic rings. The first-order valence-electron chi connectivity index (χ1n) is 3.25. The summed E-state index contributed by atoms with van der Waals surface area (Å²) in [5.74, 6) is 0.182. The first-order chi connectivity index (χ1) is 4.27. The first-order valence-corrected chi connectivity index (χ1v) is 3.25. The summed E-state index contributed by atoms with van der Waals surface area (Å²) in [4.78, 5) is 10.1. The monoisotopic (exact) mass is 132 g/mol. The molecule has 2 nitrogen and oxygen atoms in total. The van der Waals surface area contributed by atoms with Crippen LogP contribution in [0.2, 0.25) is 0 Å². The van der Waals surface area contributed by atoms with E-state index in [0.29, 0.717) is 13.0 Å². The van der Waals surface area contributed by atoms with Crippen LogP contribution in [-0.2, 0) is 9.53 Å². The fourth-order valence-electron chi connectivity index (χ4n) is 0.246. The SMILES string of the molecule is CC.COCCC(C)=O. The molecule has 2 heteroatoms. The molecule has 0 saturated heterocycles. The predicted octanol–water partition coefficient (Wildman–Crippen LogP) is 1.64. The van der Waals surface area contributed by atoms with Gasteiger partial charge in [-0.3, -0.25) is 4.79 Å². The van der Waals surface area contributed by atoms with E-state index in [0.717, 1.165) is 0 Å². The van der Waals surface area contributed by atoms with E-state index in [1.54, 1.807) is 14.0 Å². The molecule has 0 rings (SSSR count). The van der Waals surface area contributed by atoms with Gasteiger partial charge in [0.1, 0.15) is 5.78 Å². The minimum atomic E-state index is 0.182. The van der Waals surface area contributed by atoms with Crippen molar-refractivity contribution in [2.45, 2.75) is 27.2 Å². The van der Waals surface area contributed by atoms with Crippen molar-refractivity contribution in [2.24, 2.45) is 0 Å². The van der Waals surface area contributed by atoms with E-state index >= 15 is 0 Å². The van der Waals surface area contributed by atoms with Crippen LogP contribution in [0, 0.1) is 0 Å². The summed E-state index contributed by atoms with van der Waals surface area (Å²) in [5.41, 5.74) is 0. The van der Waals surface area contributed by atoms with Gasteiger partial charge in [0, 0.05) is 13.5 Å². The van der Waals surface area contributed by atoms with Gasteiger partial charge in [-0.2, -0.15) is 0 Å². The number of hydrogen-bond acceptors (Lipinski definition) is 2. The van der Waals surface area contributed by atoms with Gasteiger partial charge in [-0.05, 0) is 6.92 Å². The Kier molecular flexibility index (Phi) is 13.4. The van der Waals surface area contributed by atoms with Gasteiger partial charge in [-0.25, -0.2) is 0 Å². The third-order valence-corrected chi connectivity index (χ3v) is 0.658.